The fourth-order valence-corrected chi connectivity index (χ4v) is 0.669. The summed E-state index contributed by atoms with van der Waals surface area (Å²) in [6.07, 6.45) is 0.422. The summed E-state index contributed by atoms with van der Waals surface area (Å²) in [4.78, 5) is 10.9. The molecule has 2 N–H and O–H groups in total. The van der Waals surface area contributed by atoms with E-state index in [-0.39, 0.29) is 17.9 Å². The lowest BCUT2D eigenvalue weighted by atomic mass is 10.0. The van der Waals surface area contributed by atoms with E-state index in [1.807, 2.05) is 13.8 Å². The Morgan fingerprint density at radius 3 is 2.45 bits per heavy atom. The van der Waals surface area contributed by atoms with Gasteiger partial charge >= 0.3 is 5.97 Å². The molecule has 0 aromatic carbocycles. The first-order chi connectivity index (χ1) is 5.07. The first-order valence-corrected chi connectivity index (χ1v) is 3.99. The van der Waals surface area contributed by atoms with Crippen LogP contribution >= 0.6 is 0 Å². The average molecular weight is 159 g/mol. The molecule has 0 bridgehead atoms. The molecule has 0 aliphatic carbocycles. The largest absolute Gasteiger partial charge is 0.466 e. The minimum Gasteiger partial charge on any atom is -0.466 e. The van der Waals surface area contributed by atoms with Gasteiger partial charge in [-0.15, -0.1) is 0 Å². The first-order valence-electron chi connectivity index (χ1n) is 3.99. The van der Waals surface area contributed by atoms with E-state index >= 15 is 0 Å². The summed E-state index contributed by atoms with van der Waals surface area (Å²) < 4.78 is 4.77. The highest BCUT2D eigenvalue weighted by molar-refractivity contribution is 5.69. The van der Waals surface area contributed by atoms with Crippen molar-refractivity contribution in [2.24, 2.45) is 11.7 Å². The number of ether oxygens (including phenoxy) is 1. The van der Waals surface area contributed by atoms with Crippen molar-refractivity contribution in [2.75, 3.05) is 6.61 Å². The van der Waals surface area contributed by atoms with Gasteiger partial charge in [0.15, 0.2) is 0 Å². The van der Waals surface area contributed by atoms with Gasteiger partial charge in [-0.25, -0.2) is 0 Å². The van der Waals surface area contributed by atoms with E-state index < -0.39 is 0 Å². The number of rotatable bonds is 4. The Hall–Kier alpha value is -0.570. The van der Waals surface area contributed by atoms with Gasteiger partial charge in [0.2, 0.25) is 0 Å². The molecule has 0 rings (SSSR count). The number of hydrogen-bond donors (Lipinski definition) is 1. The Balaban J connectivity index is 3.57. The molecule has 0 aliphatic rings. The van der Waals surface area contributed by atoms with Crippen LogP contribution in [-0.2, 0) is 9.53 Å². The molecule has 2 unspecified atom stereocenters. The molecule has 0 spiro atoms. The summed E-state index contributed by atoms with van der Waals surface area (Å²) in [6.45, 7) is 6.09. The predicted molar refractivity (Wildman–Crippen MR) is 44.1 cm³/mol. The summed E-state index contributed by atoms with van der Waals surface area (Å²) >= 11 is 0. The molecule has 0 saturated heterocycles. The standard InChI is InChI=1S/C8H17NO2/c1-4-11-8(10)5-6(2)7(3)9/h6-7H,4-5,9H2,1-3H3. The lowest BCUT2D eigenvalue weighted by Crippen LogP contribution is -2.26. The predicted octanol–water partition coefficient (Wildman–Crippen LogP) is 0.923. The maximum Gasteiger partial charge on any atom is 0.306 e. The second kappa shape index (κ2) is 5.13. The molecular formula is C8H17NO2. The minimum atomic E-state index is -0.155. The van der Waals surface area contributed by atoms with Gasteiger partial charge in [0, 0.05) is 12.5 Å². The Bertz CT molecular complexity index is 123. The smallest absolute Gasteiger partial charge is 0.306 e. The highest BCUT2D eigenvalue weighted by Crippen LogP contribution is 2.06. The van der Waals surface area contributed by atoms with E-state index in [1.54, 1.807) is 6.92 Å². The maximum atomic E-state index is 10.9. The van der Waals surface area contributed by atoms with E-state index in [4.69, 9.17) is 10.5 Å². The van der Waals surface area contributed by atoms with Crippen LogP contribution in [0.5, 0.6) is 0 Å². The van der Waals surface area contributed by atoms with Crippen molar-refractivity contribution in [3.05, 3.63) is 0 Å². The van der Waals surface area contributed by atoms with Crippen LogP contribution in [0.4, 0.5) is 0 Å². The van der Waals surface area contributed by atoms with Crippen molar-refractivity contribution in [1.29, 1.82) is 0 Å². The normalized spacial score (nSPS) is 15.6. The minimum absolute atomic E-state index is 0.0550. The summed E-state index contributed by atoms with van der Waals surface area (Å²) in [5, 5.41) is 0. The second-order valence-corrected chi connectivity index (χ2v) is 2.85. The van der Waals surface area contributed by atoms with Crippen LogP contribution in [0.2, 0.25) is 0 Å². The van der Waals surface area contributed by atoms with Gasteiger partial charge in [0.25, 0.3) is 0 Å². The molecule has 0 fully saturated rings. The fourth-order valence-electron chi connectivity index (χ4n) is 0.669. The van der Waals surface area contributed by atoms with Gasteiger partial charge in [0.1, 0.15) is 0 Å². The van der Waals surface area contributed by atoms with Crippen LogP contribution in [-0.4, -0.2) is 18.6 Å². The summed E-state index contributed by atoms with van der Waals surface area (Å²) in [6, 6.07) is 0.0550. The van der Waals surface area contributed by atoms with Gasteiger partial charge in [-0.2, -0.15) is 0 Å². The summed E-state index contributed by atoms with van der Waals surface area (Å²) in [5.74, 6) is 0.0475. The van der Waals surface area contributed by atoms with Gasteiger partial charge in [0.05, 0.1) is 6.61 Å². The monoisotopic (exact) mass is 159 g/mol. The lowest BCUT2D eigenvalue weighted by molar-refractivity contribution is -0.144. The molecule has 3 nitrogen and oxygen atoms in total. The van der Waals surface area contributed by atoms with Gasteiger partial charge in [-0.3, -0.25) is 4.79 Å². The van der Waals surface area contributed by atoms with Crippen LogP contribution in [0.25, 0.3) is 0 Å². The third-order valence-corrected chi connectivity index (χ3v) is 1.69. The van der Waals surface area contributed by atoms with Gasteiger partial charge < -0.3 is 10.5 Å². The highest BCUT2D eigenvalue weighted by Gasteiger charge is 2.12. The zero-order valence-electron chi connectivity index (χ0n) is 7.46. The number of carbonyl (C=O) groups is 1. The molecule has 0 heterocycles. The number of nitrogens with two attached hydrogens (primary N) is 1. The first kappa shape index (κ1) is 10.4. The Labute approximate surface area is 67.9 Å². The van der Waals surface area contributed by atoms with E-state index in [9.17, 15) is 4.79 Å². The van der Waals surface area contributed by atoms with Crippen LogP contribution in [0, 0.1) is 5.92 Å². The van der Waals surface area contributed by atoms with Crippen molar-refractivity contribution in [1.82, 2.24) is 0 Å². The molecule has 66 valence electrons. The molecule has 3 heteroatoms. The Kier molecular flexibility index (Phi) is 4.86. The molecule has 11 heavy (non-hydrogen) atoms. The van der Waals surface area contributed by atoms with Gasteiger partial charge in [-0.05, 0) is 19.8 Å². The Morgan fingerprint density at radius 1 is 1.55 bits per heavy atom. The molecule has 0 aromatic heterocycles. The van der Waals surface area contributed by atoms with Crippen molar-refractivity contribution in [3.63, 3.8) is 0 Å². The SMILES string of the molecule is CCOC(=O)CC(C)C(C)N. The van der Waals surface area contributed by atoms with Crippen LogP contribution in [0.1, 0.15) is 27.2 Å². The number of hydrogen-bond acceptors (Lipinski definition) is 3. The van der Waals surface area contributed by atoms with E-state index in [1.165, 1.54) is 0 Å². The average Bonchev–Trinajstić information content (AvgIpc) is 1.87. The second-order valence-electron chi connectivity index (χ2n) is 2.85. The van der Waals surface area contributed by atoms with E-state index in [0.29, 0.717) is 13.0 Å². The topological polar surface area (TPSA) is 52.3 Å². The maximum absolute atomic E-state index is 10.9. The van der Waals surface area contributed by atoms with Crippen molar-refractivity contribution in [2.45, 2.75) is 33.2 Å². The highest BCUT2D eigenvalue weighted by atomic mass is 16.5. The van der Waals surface area contributed by atoms with Crippen molar-refractivity contribution >= 4 is 5.97 Å². The van der Waals surface area contributed by atoms with E-state index in [0.717, 1.165) is 0 Å². The number of esters is 1. The summed E-state index contributed by atoms with van der Waals surface area (Å²) in [7, 11) is 0. The molecule has 0 aromatic rings. The summed E-state index contributed by atoms with van der Waals surface area (Å²) in [5.41, 5.74) is 5.57. The zero-order chi connectivity index (χ0) is 8.85. The third kappa shape index (κ3) is 4.79. The molecular weight excluding hydrogens is 142 g/mol. The zero-order valence-corrected chi connectivity index (χ0v) is 7.46. The lowest BCUT2D eigenvalue weighted by Gasteiger charge is -2.13. The molecule has 0 radical (unpaired) electrons. The van der Waals surface area contributed by atoms with Crippen molar-refractivity contribution < 1.29 is 9.53 Å². The fraction of sp³-hybridized carbons (Fsp3) is 0.875. The third-order valence-electron chi connectivity index (χ3n) is 1.69. The van der Waals surface area contributed by atoms with Crippen LogP contribution in [0.15, 0.2) is 0 Å². The van der Waals surface area contributed by atoms with Crippen LogP contribution in [0.3, 0.4) is 0 Å². The number of carbonyl (C=O) groups excluding carboxylic acids is 1. The van der Waals surface area contributed by atoms with Crippen LogP contribution < -0.4 is 5.73 Å². The molecule has 0 aliphatic heterocycles. The van der Waals surface area contributed by atoms with Crippen molar-refractivity contribution in [3.8, 4) is 0 Å². The molecule has 2 atom stereocenters. The van der Waals surface area contributed by atoms with Gasteiger partial charge in [-0.1, -0.05) is 6.92 Å². The molecule has 0 amide bonds. The quantitative estimate of drug-likeness (QED) is 0.621. The Morgan fingerprint density at radius 2 is 2.09 bits per heavy atom. The molecule has 0 saturated carbocycles. The van der Waals surface area contributed by atoms with E-state index in [2.05, 4.69) is 0 Å².